The van der Waals surface area contributed by atoms with Crippen molar-refractivity contribution < 1.29 is 5.11 Å². The molecule has 0 saturated carbocycles. The summed E-state index contributed by atoms with van der Waals surface area (Å²) < 4.78 is 4.22. The Morgan fingerprint density at radius 3 is 2.88 bits per heavy atom. The van der Waals surface area contributed by atoms with Crippen LogP contribution in [-0.2, 0) is 0 Å². The molecule has 0 aliphatic carbocycles. The van der Waals surface area contributed by atoms with E-state index in [2.05, 4.69) is 29.9 Å². The van der Waals surface area contributed by atoms with Crippen LogP contribution in [0.1, 0.15) is 6.92 Å². The number of fused-ring (bicyclic) bond motifs is 2. The number of hydrogen-bond donors (Lipinski definition) is 2. The molecular weight excluding hydrogens is 336 g/mol. The highest BCUT2D eigenvalue weighted by molar-refractivity contribution is 7.11. The average molecular weight is 350 g/mol. The van der Waals surface area contributed by atoms with Crippen molar-refractivity contribution in [3.05, 3.63) is 42.7 Å². The van der Waals surface area contributed by atoms with Gasteiger partial charge in [0.25, 0.3) is 0 Å². The van der Waals surface area contributed by atoms with Crippen LogP contribution in [0.4, 0.5) is 16.4 Å². The van der Waals surface area contributed by atoms with E-state index in [0.717, 1.165) is 23.0 Å². The number of benzene rings is 2. The molecule has 7 nitrogen and oxygen atoms in total. The van der Waals surface area contributed by atoms with E-state index in [0.29, 0.717) is 21.9 Å². The minimum absolute atomic E-state index is 0.211. The van der Waals surface area contributed by atoms with Gasteiger partial charge in [-0.25, -0.2) is 9.97 Å². The molecule has 2 heterocycles. The van der Waals surface area contributed by atoms with Crippen LogP contribution in [0.25, 0.3) is 21.9 Å². The van der Waals surface area contributed by atoms with Gasteiger partial charge in [-0.3, -0.25) is 0 Å². The van der Waals surface area contributed by atoms with E-state index < -0.39 is 0 Å². The molecule has 0 saturated heterocycles. The second kappa shape index (κ2) is 6.40. The van der Waals surface area contributed by atoms with Crippen molar-refractivity contribution in [2.45, 2.75) is 6.92 Å². The summed E-state index contributed by atoms with van der Waals surface area (Å²) in [7, 11) is 0. The fourth-order valence-corrected chi connectivity index (χ4v) is 3.25. The van der Waals surface area contributed by atoms with E-state index in [1.807, 2.05) is 25.1 Å². The number of aromatic hydroxyl groups is 1. The molecule has 4 rings (SSSR count). The summed E-state index contributed by atoms with van der Waals surface area (Å²) in [6.07, 6.45) is 3.20. The lowest BCUT2D eigenvalue weighted by molar-refractivity contribution is 0.481. The van der Waals surface area contributed by atoms with Crippen molar-refractivity contribution in [1.29, 1.82) is 0 Å². The van der Waals surface area contributed by atoms with E-state index in [1.165, 1.54) is 11.5 Å². The first-order valence-corrected chi connectivity index (χ1v) is 8.52. The van der Waals surface area contributed by atoms with Gasteiger partial charge in [-0.1, -0.05) is 12.1 Å². The number of nitrogens with zero attached hydrogens (tertiary/aromatic N) is 5. The Hall–Kier alpha value is -3.13. The maximum absolute atomic E-state index is 10.2. The lowest BCUT2D eigenvalue weighted by atomic mass is 10.1. The third-order valence-corrected chi connectivity index (χ3v) is 4.42. The lowest BCUT2D eigenvalue weighted by Crippen LogP contribution is -1.97. The molecule has 0 aliphatic heterocycles. The molecule has 124 valence electrons. The average Bonchev–Trinajstić information content (AvgIpc) is 3.05. The number of anilines is 1. The van der Waals surface area contributed by atoms with Crippen LogP contribution in [-0.4, -0.2) is 26.0 Å². The van der Waals surface area contributed by atoms with Crippen LogP contribution in [0.5, 0.6) is 5.75 Å². The summed E-state index contributed by atoms with van der Waals surface area (Å²) >= 11 is 1.20. The molecule has 0 unspecified atom stereocenters. The maximum atomic E-state index is 10.2. The van der Waals surface area contributed by atoms with E-state index in [9.17, 15) is 5.11 Å². The van der Waals surface area contributed by atoms with Crippen molar-refractivity contribution in [3.63, 3.8) is 0 Å². The summed E-state index contributed by atoms with van der Waals surface area (Å²) in [6.45, 7) is 2.78. The summed E-state index contributed by atoms with van der Waals surface area (Å²) in [5.74, 6) is 0.211. The summed E-state index contributed by atoms with van der Waals surface area (Å²) in [6, 6.07) is 9.08. The monoisotopic (exact) mass is 350 g/mol. The highest BCUT2D eigenvalue weighted by Gasteiger charge is 2.11. The molecule has 25 heavy (non-hydrogen) atoms. The van der Waals surface area contributed by atoms with Gasteiger partial charge in [0.2, 0.25) is 0 Å². The number of rotatable bonds is 4. The fourth-order valence-electron chi connectivity index (χ4n) is 2.64. The zero-order valence-corrected chi connectivity index (χ0v) is 14.2. The number of phenolic OH excluding ortho intramolecular Hbond substituents is 1. The molecular formula is C17H14N6OS. The second-order valence-electron chi connectivity index (χ2n) is 5.28. The van der Waals surface area contributed by atoms with Gasteiger partial charge in [-0.15, -0.1) is 10.2 Å². The molecule has 0 radical (unpaired) electrons. The van der Waals surface area contributed by atoms with Crippen molar-refractivity contribution in [3.8, 4) is 5.75 Å². The van der Waals surface area contributed by atoms with Gasteiger partial charge >= 0.3 is 0 Å². The maximum Gasteiger partial charge on any atom is 0.193 e. The van der Waals surface area contributed by atoms with Crippen LogP contribution in [0.3, 0.4) is 0 Å². The zero-order chi connectivity index (χ0) is 17.2. The van der Waals surface area contributed by atoms with Crippen LogP contribution < -0.4 is 5.32 Å². The summed E-state index contributed by atoms with van der Waals surface area (Å²) in [4.78, 5) is 8.41. The predicted octanol–water partition coefficient (Wildman–Crippen LogP) is 4.79. The van der Waals surface area contributed by atoms with Gasteiger partial charge in [0.05, 0.1) is 5.69 Å². The predicted molar refractivity (Wildman–Crippen MR) is 99.2 cm³/mol. The third-order valence-electron chi connectivity index (χ3n) is 3.71. The van der Waals surface area contributed by atoms with E-state index in [4.69, 9.17) is 0 Å². The molecule has 4 aromatic rings. The Kier molecular flexibility index (Phi) is 3.95. The first-order valence-electron chi connectivity index (χ1n) is 7.74. The molecule has 0 spiro atoms. The van der Waals surface area contributed by atoms with Gasteiger partial charge in [-0.2, -0.15) is 4.37 Å². The number of azo groups is 1. The van der Waals surface area contributed by atoms with E-state index in [-0.39, 0.29) is 5.75 Å². The van der Waals surface area contributed by atoms with E-state index >= 15 is 0 Å². The summed E-state index contributed by atoms with van der Waals surface area (Å²) in [5, 5.41) is 24.3. The highest BCUT2D eigenvalue weighted by Crippen LogP contribution is 2.39. The number of aromatic nitrogens is 3. The number of phenols is 1. The molecule has 0 aliphatic rings. The Balaban J connectivity index is 1.85. The minimum atomic E-state index is 0.211. The minimum Gasteiger partial charge on any atom is -0.507 e. The fraction of sp³-hybridized carbons (Fsp3) is 0.118. The van der Waals surface area contributed by atoms with Crippen LogP contribution >= 0.6 is 11.5 Å². The van der Waals surface area contributed by atoms with Gasteiger partial charge in [0, 0.05) is 35.4 Å². The van der Waals surface area contributed by atoms with Crippen molar-refractivity contribution in [2.24, 2.45) is 10.2 Å². The molecule has 0 atom stereocenters. The first-order chi connectivity index (χ1) is 12.3. The molecule has 2 N–H and O–H groups in total. The number of hydrogen-bond acceptors (Lipinski definition) is 8. The van der Waals surface area contributed by atoms with Crippen molar-refractivity contribution >= 4 is 49.8 Å². The van der Waals surface area contributed by atoms with Gasteiger partial charge in [0.15, 0.2) is 10.6 Å². The first kappa shape index (κ1) is 15.4. The molecule has 0 amide bonds. The topological polar surface area (TPSA) is 95.7 Å². The quantitative estimate of drug-likeness (QED) is 0.516. The Morgan fingerprint density at radius 2 is 2.00 bits per heavy atom. The second-order valence-corrected chi connectivity index (χ2v) is 6.03. The smallest absolute Gasteiger partial charge is 0.193 e. The molecule has 0 bridgehead atoms. The third kappa shape index (κ3) is 2.76. The van der Waals surface area contributed by atoms with Crippen molar-refractivity contribution in [2.75, 3.05) is 11.9 Å². The van der Waals surface area contributed by atoms with Crippen LogP contribution in [0.2, 0.25) is 0 Å². The lowest BCUT2D eigenvalue weighted by Gasteiger charge is -2.10. The molecule has 8 heteroatoms. The van der Waals surface area contributed by atoms with Crippen molar-refractivity contribution in [1.82, 2.24) is 14.3 Å². The largest absolute Gasteiger partial charge is 0.507 e. The molecule has 2 aromatic carbocycles. The van der Waals surface area contributed by atoms with E-state index in [1.54, 1.807) is 24.5 Å². The Morgan fingerprint density at radius 1 is 1.12 bits per heavy atom. The van der Waals surface area contributed by atoms with Gasteiger partial charge in [-0.05, 0) is 36.7 Å². The van der Waals surface area contributed by atoms with Crippen LogP contribution in [0.15, 0.2) is 53.0 Å². The highest BCUT2D eigenvalue weighted by atomic mass is 32.1. The van der Waals surface area contributed by atoms with Gasteiger partial charge in [0.1, 0.15) is 11.3 Å². The van der Waals surface area contributed by atoms with Gasteiger partial charge < -0.3 is 10.4 Å². The normalized spacial score (nSPS) is 11.6. The standard InChI is InChI=1S/C17H14N6OS/c1-2-18-11-5-3-4-10-13(24)7-6-12(14(10)11)21-22-17-15-16(23-25-17)20-9-8-19-15/h3-9,18,24H,2H2,1H3/b22-21+. The Bertz CT molecular complexity index is 1090. The molecule has 2 aromatic heterocycles. The Labute approximate surface area is 147 Å². The SMILES string of the molecule is CCNc1cccc2c(O)ccc(/N=N/c3snc4nccnc34)c12. The summed E-state index contributed by atoms with van der Waals surface area (Å²) in [5.41, 5.74) is 2.75. The number of nitrogens with one attached hydrogen (secondary N) is 1. The van der Waals surface area contributed by atoms with Crippen LogP contribution in [0, 0.1) is 0 Å². The molecule has 0 fully saturated rings. The zero-order valence-electron chi connectivity index (χ0n) is 13.3.